The molecule has 1 spiro atoms. The molecular formula is C11H14N2O2S. The summed E-state index contributed by atoms with van der Waals surface area (Å²) in [5, 5.41) is 8.92. The molecule has 1 N–H and O–H groups in total. The molecule has 86 valence electrons. The number of hydrogen-bond donors (Lipinski definition) is 1. The fraction of sp³-hybridized carbons (Fsp3) is 0.636. The van der Waals surface area contributed by atoms with Crippen LogP contribution in [0.15, 0.2) is 5.51 Å². The number of thiazole rings is 1. The van der Waals surface area contributed by atoms with Crippen molar-refractivity contribution in [3.05, 3.63) is 16.1 Å². The number of fused-ring (bicyclic) bond motifs is 1. The number of piperidine rings is 1. The van der Waals surface area contributed by atoms with Gasteiger partial charge >= 0.3 is 6.09 Å². The van der Waals surface area contributed by atoms with Crippen molar-refractivity contribution in [1.29, 1.82) is 0 Å². The largest absolute Gasteiger partial charge is 0.465 e. The van der Waals surface area contributed by atoms with E-state index in [1.807, 2.05) is 5.51 Å². The van der Waals surface area contributed by atoms with Crippen molar-refractivity contribution >= 4 is 17.4 Å². The maximum atomic E-state index is 10.8. The lowest BCUT2D eigenvalue weighted by atomic mass is 9.76. The molecule has 1 saturated heterocycles. The summed E-state index contributed by atoms with van der Waals surface area (Å²) in [5.41, 5.74) is 3.50. The van der Waals surface area contributed by atoms with Crippen LogP contribution in [0.4, 0.5) is 4.79 Å². The van der Waals surface area contributed by atoms with Gasteiger partial charge in [0.15, 0.2) is 0 Å². The average Bonchev–Trinajstić information content (AvgIpc) is 2.77. The summed E-state index contributed by atoms with van der Waals surface area (Å²) in [6.45, 7) is 1.37. The Morgan fingerprint density at radius 1 is 1.44 bits per heavy atom. The fourth-order valence-corrected chi connectivity index (χ4v) is 3.82. The van der Waals surface area contributed by atoms with Gasteiger partial charge in [0.25, 0.3) is 0 Å². The number of nitrogens with zero attached hydrogens (tertiary/aromatic N) is 2. The van der Waals surface area contributed by atoms with Gasteiger partial charge in [-0.3, -0.25) is 0 Å². The summed E-state index contributed by atoms with van der Waals surface area (Å²) in [4.78, 5) is 18.2. The van der Waals surface area contributed by atoms with Gasteiger partial charge in [0, 0.05) is 18.0 Å². The Hall–Kier alpha value is -1.10. The summed E-state index contributed by atoms with van der Waals surface area (Å²) in [5.74, 6) is 0. The highest BCUT2D eigenvalue weighted by Gasteiger charge is 2.41. The average molecular weight is 238 g/mol. The standard InChI is InChI=1S/C11H14N2O2S/c14-10(15)13-3-1-11(2-4-13)5-8-9(6-11)16-7-12-8/h7H,1-6H2,(H,14,15). The predicted molar refractivity (Wildman–Crippen MR) is 60.8 cm³/mol. The lowest BCUT2D eigenvalue weighted by molar-refractivity contribution is 0.0937. The molecule has 1 amide bonds. The number of carboxylic acid groups (broad SMARTS) is 1. The third-order valence-corrected chi connectivity index (χ3v) is 4.77. The fourth-order valence-electron chi connectivity index (χ4n) is 2.87. The number of rotatable bonds is 0. The van der Waals surface area contributed by atoms with E-state index in [1.54, 1.807) is 11.3 Å². The van der Waals surface area contributed by atoms with Crippen molar-refractivity contribution in [2.24, 2.45) is 5.41 Å². The molecule has 5 heteroatoms. The minimum atomic E-state index is -0.777. The molecule has 1 aliphatic carbocycles. The van der Waals surface area contributed by atoms with Crippen LogP contribution in [-0.2, 0) is 12.8 Å². The second kappa shape index (κ2) is 3.45. The van der Waals surface area contributed by atoms with Gasteiger partial charge in [-0.1, -0.05) is 0 Å². The maximum Gasteiger partial charge on any atom is 0.407 e. The number of hydrogen-bond acceptors (Lipinski definition) is 3. The van der Waals surface area contributed by atoms with Gasteiger partial charge in [0.1, 0.15) is 0 Å². The number of aromatic nitrogens is 1. The van der Waals surface area contributed by atoms with Crippen molar-refractivity contribution in [2.75, 3.05) is 13.1 Å². The second-order valence-electron chi connectivity index (χ2n) is 4.85. The van der Waals surface area contributed by atoms with E-state index in [-0.39, 0.29) is 0 Å². The Balaban J connectivity index is 1.71. The quantitative estimate of drug-likeness (QED) is 0.752. The van der Waals surface area contributed by atoms with Crippen LogP contribution < -0.4 is 0 Å². The summed E-state index contributed by atoms with van der Waals surface area (Å²) in [7, 11) is 0. The summed E-state index contributed by atoms with van der Waals surface area (Å²) in [6, 6.07) is 0. The molecule has 16 heavy (non-hydrogen) atoms. The third-order valence-electron chi connectivity index (χ3n) is 3.90. The number of likely N-dealkylation sites (tertiary alicyclic amines) is 1. The molecule has 3 rings (SSSR count). The highest BCUT2D eigenvalue weighted by molar-refractivity contribution is 7.09. The van der Waals surface area contributed by atoms with Crippen molar-refractivity contribution in [1.82, 2.24) is 9.88 Å². The van der Waals surface area contributed by atoms with E-state index in [1.165, 1.54) is 15.5 Å². The minimum Gasteiger partial charge on any atom is -0.465 e. The first-order valence-corrected chi connectivity index (χ1v) is 6.46. The van der Waals surface area contributed by atoms with Crippen LogP contribution in [0.2, 0.25) is 0 Å². The maximum absolute atomic E-state index is 10.8. The smallest absolute Gasteiger partial charge is 0.407 e. The molecule has 0 unspecified atom stereocenters. The Morgan fingerprint density at radius 2 is 2.19 bits per heavy atom. The van der Waals surface area contributed by atoms with Crippen LogP contribution in [0.3, 0.4) is 0 Å². The summed E-state index contributed by atoms with van der Waals surface area (Å²) >= 11 is 1.75. The van der Waals surface area contributed by atoms with Crippen molar-refractivity contribution in [3.63, 3.8) is 0 Å². The highest BCUT2D eigenvalue weighted by Crippen LogP contribution is 2.45. The van der Waals surface area contributed by atoms with E-state index in [4.69, 9.17) is 5.11 Å². The Morgan fingerprint density at radius 3 is 2.81 bits per heavy atom. The molecule has 0 radical (unpaired) electrons. The van der Waals surface area contributed by atoms with Crippen LogP contribution in [0.1, 0.15) is 23.4 Å². The summed E-state index contributed by atoms with van der Waals surface area (Å²) < 4.78 is 0. The monoisotopic (exact) mass is 238 g/mol. The Kier molecular flexibility index (Phi) is 2.17. The SMILES string of the molecule is O=C(O)N1CCC2(CC1)Cc1ncsc1C2. The molecule has 1 fully saturated rings. The van der Waals surface area contributed by atoms with Gasteiger partial charge in [-0.05, 0) is 31.1 Å². The molecule has 2 aliphatic rings. The van der Waals surface area contributed by atoms with Crippen molar-refractivity contribution < 1.29 is 9.90 Å². The highest BCUT2D eigenvalue weighted by atomic mass is 32.1. The topological polar surface area (TPSA) is 53.4 Å². The van der Waals surface area contributed by atoms with Gasteiger partial charge in [0.2, 0.25) is 0 Å². The van der Waals surface area contributed by atoms with Crippen LogP contribution in [0.25, 0.3) is 0 Å². The molecule has 1 aromatic rings. The molecule has 2 heterocycles. The van der Waals surface area contributed by atoms with Gasteiger partial charge in [-0.2, -0.15) is 0 Å². The van der Waals surface area contributed by atoms with E-state index in [0.717, 1.165) is 25.7 Å². The molecule has 1 aliphatic heterocycles. The lowest BCUT2D eigenvalue weighted by Crippen LogP contribution is -2.43. The van der Waals surface area contributed by atoms with Crippen LogP contribution >= 0.6 is 11.3 Å². The zero-order valence-corrected chi connectivity index (χ0v) is 9.79. The van der Waals surface area contributed by atoms with Crippen LogP contribution in [0.5, 0.6) is 0 Å². The van der Waals surface area contributed by atoms with Gasteiger partial charge in [-0.15, -0.1) is 11.3 Å². The molecular weight excluding hydrogens is 224 g/mol. The van der Waals surface area contributed by atoms with E-state index in [9.17, 15) is 4.79 Å². The van der Waals surface area contributed by atoms with Gasteiger partial charge < -0.3 is 10.0 Å². The molecule has 0 saturated carbocycles. The first-order chi connectivity index (χ1) is 7.69. The number of carbonyl (C=O) groups is 1. The van der Waals surface area contributed by atoms with E-state index in [2.05, 4.69) is 4.98 Å². The Bertz CT molecular complexity index is 399. The molecule has 4 nitrogen and oxygen atoms in total. The second-order valence-corrected chi connectivity index (χ2v) is 5.78. The van der Waals surface area contributed by atoms with Gasteiger partial charge in [-0.25, -0.2) is 9.78 Å². The van der Waals surface area contributed by atoms with E-state index < -0.39 is 6.09 Å². The first kappa shape index (κ1) is 10.1. The first-order valence-electron chi connectivity index (χ1n) is 5.58. The molecule has 0 atom stereocenters. The lowest BCUT2D eigenvalue weighted by Gasteiger charge is -2.37. The van der Waals surface area contributed by atoms with Crippen LogP contribution in [-0.4, -0.2) is 34.2 Å². The third kappa shape index (κ3) is 1.50. The molecule has 0 aromatic carbocycles. The van der Waals surface area contributed by atoms with Crippen molar-refractivity contribution in [2.45, 2.75) is 25.7 Å². The number of amides is 1. The normalized spacial score (nSPS) is 22.4. The van der Waals surface area contributed by atoms with E-state index >= 15 is 0 Å². The van der Waals surface area contributed by atoms with Gasteiger partial charge in [0.05, 0.1) is 11.2 Å². The summed E-state index contributed by atoms with van der Waals surface area (Å²) in [6.07, 6.45) is 3.37. The van der Waals surface area contributed by atoms with Crippen molar-refractivity contribution in [3.8, 4) is 0 Å². The Labute approximate surface area is 97.9 Å². The molecule has 1 aromatic heterocycles. The molecule has 0 bridgehead atoms. The van der Waals surface area contributed by atoms with Crippen LogP contribution in [0, 0.1) is 5.41 Å². The van der Waals surface area contributed by atoms with E-state index in [0.29, 0.717) is 18.5 Å². The minimum absolute atomic E-state index is 0.321. The predicted octanol–water partition coefficient (Wildman–Crippen LogP) is 2.00. The zero-order valence-electron chi connectivity index (χ0n) is 8.98. The zero-order chi connectivity index (χ0) is 11.2.